The number of ether oxygens (including phenoxy) is 1. The molecule has 6 heteroatoms. The zero-order valence-electron chi connectivity index (χ0n) is 7.29. The number of hydrogen-bond acceptors (Lipinski definition) is 6. The molecule has 5 atom stereocenters. The van der Waals surface area contributed by atoms with Gasteiger partial charge in [-0.05, 0) is 7.05 Å². The van der Waals surface area contributed by atoms with E-state index in [-0.39, 0.29) is 0 Å². The summed E-state index contributed by atoms with van der Waals surface area (Å²) in [6, 6.07) is 0. The fraction of sp³-hybridized carbons (Fsp3) is 1.00. The molecule has 0 aromatic heterocycles. The molecule has 3 unspecified atom stereocenters. The molecule has 0 bridgehead atoms. The van der Waals surface area contributed by atoms with Crippen molar-refractivity contribution in [3.05, 3.63) is 0 Å². The van der Waals surface area contributed by atoms with Crippen molar-refractivity contribution in [3.63, 3.8) is 0 Å². The monoisotopic (exact) mass is 193 g/mol. The molecule has 0 saturated carbocycles. The Morgan fingerprint density at radius 1 is 1.08 bits per heavy atom. The van der Waals surface area contributed by atoms with Crippen LogP contribution >= 0.6 is 0 Å². The van der Waals surface area contributed by atoms with Gasteiger partial charge in [0.15, 0.2) is 6.29 Å². The van der Waals surface area contributed by atoms with Gasteiger partial charge in [0.25, 0.3) is 0 Å². The van der Waals surface area contributed by atoms with Crippen molar-refractivity contribution in [2.45, 2.75) is 30.7 Å². The van der Waals surface area contributed by atoms with Gasteiger partial charge in [0.05, 0.1) is 0 Å². The van der Waals surface area contributed by atoms with Gasteiger partial charge in [-0.1, -0.05) is 0 Å². The second-order valence-electron chi connectivity index (χ2n) is 3.09. The molecule has 13 heavy (non-hydrogen) atoms. The van der Waals surface area contributed by atoms with Crippen LogP contribution in [-0.4, -0.2) is 64.7 Å². The first-order valence-corrected chi connectivity index (χ1v) is 4.10. The van der Waals surface area contributed by atoms with E-state index >= 15 is 0 Å². The molecule has 0 aliphatic carbocycles. The molecule has 0 aromatic rings. The molecule has 0 radical (unpaired) electrons. The smallest absolute Gasteiger partial charge is 0.184 e. The Kier molecular flexibility index (Phi) is 3.60. The van der Waals surface area contributed by atoms with E-state index in [1.54, 1.807) is 7.05 Å². The first-order valence-electron chi connectivity index (χ1n) is 4.10. The quantitative estimate of drug-likeness (QED) is 0.320. The van der Waals surface area contributed by atoms with Gasteiger partial charge >= 0.3 is 0 Å². The van der Waals surface area contributed by atoms with Crippen LogP contribution in [-0.2, 0) is 4.74 Å². The van der Waals surface area contributed by atoms with Crippen LogP contribution in [0.25, 0.3) is 0 Å². The summed E-state index contributed by atoms with van der Waals surface area (Å²) < 4.78 is 4.85. The Labute approximate surface area is 75.8 Å². The molecule has 5 N–H and O–H groups in total. The van der Waals surface area contributed by atoms with Gasteiger partial charge < -0.3 is 30.5 Å². The van der Waals surface area contributed by atoms with Crippen LogP contribution in [0.5, 0.6) is 0 Å². The molecular weight excluding hydrogens is 178 g/mol. The van der Waals surface area contributed by atoms with E-state index in [2.05, 4.69) is 5.32 Å². The second kappa shape index (κ2) is 4.32. The highest BCUT2D eigenvalue weighted by atomic mass is 16.6. The Bertz CT molecular complexity index is 167. The summed E-state index contributed by atoms with van der Waals surface area (Å²) in [5.74, 6) is 0. The molecule has 1 aliphatic heterocycles. The van der Waals surface area contributed by atoms with Crippen molar-refractivity contribution in [3.8, 4) is 0 Å². The van der Waals surface area contributed by atoms with E-state index in [1.165, 1.54) is 0 Å². The minimum Gasteiger partial charge on any atom is -0.388 e. The number of rotatable bonds is 2. The Hall–Kier alpha value is -0.240. The van der Waals surface area contributed by atoms with Gasteiger partial charge in [0.2, 0.25) is 0 Å². The van der Waals surface area contributed by atoms with Crippen molar-refractivity contribution >= 4 is 0 Å². The summed E-state index contributed by atoms with van der Waals surface area (Å²) in [5, 5.41) is 39.5. The summed E-state index contributed by atoms with van der Waals surface area (Å²) in [7, 11) is 1.65. The van der Waals surface area contributed by atoms with Crippen molar-refractivity contribution in [2.75, 3.05) is 13.6 Å². The molecule has 0 amide bonds. The predicted octanol–water partition coefficient (Wildman–Crippen LogP) is -2.99. The maximum absolute atomic E-state index is 9.37. The average molecular weight is 193 g/mol. The Balaban J connectivity index is 2.59. The fourth-order valence-corrected chi connectivity index (χ4v) is 1.30. The lowest BCUT2D eigenvalue weighted by atomic mass is 9.99. The van der Waals surface area contributed by atoms with Crippen molar-refractivity contribution in [1.29, 1.82) is 0 Å². The highest BCUT2D eigenvalue weighted by Crippen LogP contribution is 2.18. The Morgan fingerprint density at radius 3 is 2.23 bits per heavy atom. The highest BCUT2D eigenvalue weighted by Gasteiger charge is 2.42. The summed E-state index contributed by atoms with van der Waals surface area (Å²) in [5.41, 5.74) is 0. The molecule has 1 saturated heterocycles. The molecule has 1 aliphatic rings. The summed E-state index contributed by atoms with van der Waals surface area (Å²) in [4.78, 5) is 0. The lowest BCUT2D eigenvalue weighted by Gasteiger charge is -2.38. The summed E-state index contributed by atoms with van der Waals surface area (Å²) in [6.07, 6.45) is -6.17. The topological polar surface area (TPSA) is 102 Å². The molecule has 1 fully saturated rings. The molecular formula is C7H15NO5. The first-order chi connectivity index (χ1) is 6.07. The third kappa shape index (κ3) is 2.16. The normalized spacial score (nSPS) is 46.4. The van der Waals surface area contributed by atoms with Gasteiger partial charge in [-0.25, -0.2) is 0 Å². The van der Waals surface area contributed by atoms with Crippen molar-refractivity contribution < 1.29 is 25.2 Å². The average Bonchev–Trinajstić information content (AvgIpc) is 2.11. The minimum atomic E-state index is -1.46. The van der Waals surface area contributed by atoms with Crippen LogP contribution in [0.2, 0.25) is 0 Å². The minimum absolute atomic E-state index is 0.294. The van der Waals surface area contributed by atoms with E-state index in [4.69, 9.17) is 14.9 Å². The van der Waals surface area contributed by atoms with E-state index in [9.17, 15) is 10.2 Å². The molecule has 0 aromatic carbocycles. The van der Waals surface area contributed by atoms with Gasteiger partial charge in [-0.2, -0.15) is 0 Å². The third-order valence-electron chi connectivity index (χ3n) is 2.09. The molecule has 0 spiro atoms. The SMILES string of the molecule is CNCC1OC(O)[C@H](O)[C@H](O)C1O. The van der Waals surface area contributed by atoms with Gasteiger partial charge in [0.1, 0.15) is 24.4 Å². The highest BCUT2D eigenvalue weighted by molar-refractivity contribution is 4.89. The van der Waals surface area contributed by atoms with Gasteiger partial charge in [-0.15, -0.1) is 0 Å². The van der Waals surface area contributed by atoms with Gasteiger partial charge in [0, 0.05) is 6.54 Å². The second-order valence-corrected chi connectivity index (χ2v) is 3.09. The lowest BCUT2D eigenvalue weighted by Crippen LogP contribution is -2.59. The Morgan fingerprint density at radius 2 is 1.69 bits per heavy atom. The van der Waals surface area contributed by atoms with Crippen LogP contribution in [0.1, 0.15) is 0 Å². The fourth-order valence-electron chi connectivity index (χ4n) is 1.30. The number of hydrogen-bond donors (Lipinski definition) is 5. The number of aliphatic hydroxyl groups excluding tert-OH is 4. The maximum atomic E-state index is 9.37. The van der Waals surface area contributed by atoms with E-state index in [0.29, 0.717) is 6.54 Å². The zero-order valence-corrected chi connectivity index (χ0v) is 7.29. The van der Waals surface area contributed by atoms with E-state index in [1.807, 2.05) is 0 Å². The molecule has 1 heterocycles. The van der Waals surface area contributed by atoms with Crippen LogP contribution in [0.3, 0.4) is 0 Å². The first kappa shape index (κ1) is 10.8. The van der Waals surface area contributed by atoms with Crippen LogP contribution in [0.4, 0.5) is 0 Å². The van der Waals surface area contributed by atoms with Gasteiger partial charge in [-0.3, -0.25) is 0 Å². The maximum Gasteiger partial charge on any atom is 0.184 e. The van der Waals surface area contributed by atoms with Crippen molar-refractivity contribution in [2.24, 2.45) is 0 Å². The number of nitrogens with one attached hydrogen (secondary N) is 1. The third-order valence-corrected chi connectivity index (χ3v) is 2.09. The summed E-state index contributed by atoms with van der Waals surface area (Å²) in [6.45, 7) is 0.294. The standard InChI is InChI=1S/C7H15NO5/c1-8-2-3-4(9)5(10)6(11)7(12)13-3/h3-12H,2H2,1H3/t3?,4?,5-,6-,7?/m1/s1. The van der Waals surface area contributed by atoms with Crippen LogP contribution in [0.15, 0.2) is 0 Å². The largest absolute Gasteiger partial charge is 0.388 e. The van der Waals surface area contributed by atoms with Crippen molar-refractivity contribution in [1.82, 2.24) is 5.32 Å². The number of likely N-dealkylation sites (N-methyl/N-ethyl adjacent to an activating group) is 1. The molecule has 1 rings (SSSR count). The van der Waals surface area contributed by atoms with Crippen LogP contribution < -0.4 is 5.32 Å². The predicted molar refractivity (Wildman–Crippen MR) is 42.8 cm³/mol. The van der Waals surface area contributed by atoms with Crippen LogP contribution in [0, 0.1) is 0 Å². The zero-order chi connectivity index (χ0) is 10.0. The molecule has 6 nitrogen and oxygen atoms in total. The van der Waals surface area contributed by atoms with E-state index < -0.39 is 30.7 Å². The lowest BCUT2D eigenvalue weighted by molar-refractivity contribution is -0.280. The van der Waals surface area contributed by atoms with E-state index in [0.717, 1.165) is 0 Å². The number of aliphatic hydroxyl groups is 4. The molecule has 78 valence electrons. The summed E-state index contributed by atoms with van der Waals surface area (Å²) >= 11 is 0.